The minimum atomic E-state index is 0.622. The maximum absolute atomic E-state index is 6.26. The maximum Gasteiger partial charge on any atom is 0.227 e. The molecule has 0 saturated carbocycles. The van der Waals surface area contributed by atoms with Crippen LogP contribution in [0.25, 0.3) is 110 Å². The van der Waals surface area contributed by atoms with Crippen LogP contribution in [-0.2, 0) is 0 Å². The Hall–Kier alpha value is -7.02. The number of hydrogen-bond donors (Lipinski definition) is 0. The molecule has 0 bridgehead atoms. The van der Waals surface area contributed by atoms with Crippen molar-refractivity contribution in [2.24, 2.45) is 0 Å². The zero-order valence-corrected chi connectivity index (χ0v) is 29.6. The van der Waals surface area contributed by atoms with Gasteiger partial charge in [0.15, 0.2) is 23.1 Å². The number of fused-ring (bicyclic) bond motifs is 7. The highest BCUT2D eigenvalue weighted by Gasteiger charge is 2.17. The second-order valence-corrected chi connectivity index (χ2v) is 14.5. The van der Waals surface area contributed by atoms with Crippen molar-refractivity contribution in [2.75, 3.05) is 0 Å². The van der Waals surface area contributed by atoms with E-state index in [4.69, 9.17) is 24.4 Å². The summed E-state index contributed by atoms with van der Waals surface area (Å²) in [6, 6.07) is 58.9. The molecule has 0 amide bonds. The van der Waals surface area contributed by atoms with Gasteiger partial charge >= 0.3 is 0 Å². The van der Waals surface area contributed by atoms with Gasteiger partial charge in [0.05, 0.1) is 0 Å². The zero-order chi connectivity index (χ0) is 35.6. The summed E-state index contributed by atoms with van der Waals surface area (Å²) in [6.07, 6.45) is 0. The Kier molecular flexibility index (Phi) is 6.97. The third kappa shape index (κ3) is 5.15. The van der Waals surface area contributed by atoms with Gasteiger partial charge in [0.25, 0.3) is 0 Å². The minimum absolute atomic E-state index is 0.622. The van der Waals surface area contributed by atoms with Gasteiger partial charge in [-0.1, -0.05) is 121 Å². The van der Waals surface area contributed by atoms with Crippen LogP contribution in [0.5, 0.6) is 0 Å². The molecule has 3 aromatic heterocycles. The van der Waals surface area contributed by atoms with Gasteiger partial charge in [-0.3, -0.25) is 0 Å². The first kappa shape index (κ1) is 30.6. The van der Waals surface area contributed by atoms with E-state index in [2.05, 4.69) is 109 Å². The molecule has 0 saturated heterocycles. The molecule has 0 spiro atoms. The lowest BCUT2D eigenvalue weighted by Gasteiger charge is -2.12. The van der Waals surface area contributed by atoms with Crippen LogP contribution in [0, 0.1) is 0 Å². The van der Waals surface area contributed by atoms with E-state index >= 15 is 0 Å². The number of aromatic nitrogens is 4. The van der Waals surface area contributed by atoms with E-state index in [0.717, 1.165) is 54.4 Å². The molecule has 0 atom stereocenters. The van der Waals surface area contributed by atoms with Crippen LogP contribution in [0.15, 0.2) is 174 Å². The summed E-state index contributed by atoms with van der Waals surface area (Å²) in [4.78, 5) is 20.0. The van der Waals surface area contributed by atoms with E-state index in [-0.39, 0.29) is 0 Å². The van der Waals surface area contributed by atoms with Gasteiger partial charge in [-0.05, 0) is 81.2 Å². The zero-order valence-electron chi connectivity index (χ0n) is 28.8. The molecule has 252 valence electrons. The average Bonchev–Trinajstić information content (AvgIpc) is 3.83. The number of thiophene rings is 1. The van der Waals surface area contributed by atoms with Crippen LogP contribution in [-0.4, -0.2) is 19.9 Å². The molecule has 0 fully saturated rings. The standard InChI is InChI=1S/C48H28N4OS/c1-3-11-30(12-4-1)45-50-46(31-21-19-29(20-22-31)38-25-33-15-7-8-16-35(33)36-17-9-10-18-37(36)38)52-47(51-45)34-23-24-43-39(26-34)40-27-42-41(28-44(40)54-43)49-48(53-42)32-13-5-2-6-14-32/h1-28H. The van der Waals surface area contributed by atoms with Gasteiger partial charge in [-0.2, -0.15) is 0 Å². The molecule has 11 aromatic rings. The number of nitrogens with zero attached hydrogens (tertiary/aromatic N) is 4. The van der Waals surface area contributed by atoms with Crippen LogP contribution in [0.2, 0.25) is 0 Å². The van der Waals surface area contributed by atoms with Crippen LogP contribution < -0.4 is 0 Å². The highest BCUT2D eigenvalue weighted by Crippen LogP contribution is 2.40. The predicted molar refractivity (Wildman–Crippen MR) is 222 cm³/mol. The number of rotatable bonds is 5. The van der Waals surface area contributed by atoms with Crippen molar-refractivity contribution in [1.29, 1.82) is 0 Å². The fourth-order valence-corrected chi connectivity index (χ4v) is 8.58. The molecule has 0 unspecified atom stereocenters. The normalized spacial score (nSPS) is 11.7. The van der Waals surface area contributed by atoms with Crippen molar-refractivity contribution in [1.82, 2.24) is 19.9 Å². The lowest BCUT2D eigenvalue weighted by atomic mass is 9.93. The molecule has 11 rings (SSSR count). The molecule has 3 heterocycles. The van der Waals surface area contributed by atoms with Crippen molar-refractivity contribution < 1.29 is 4.42 Å². The third-order valence-corrected chi connectivity index (χ3v) is 11.3. The molecule has 0 aliphatic carbocycles. The number of hydrogen-bond acceptors (Lipinski definition) is 6. The second-order valence-electron chi connectivity index (χ2n) is 13.5. The number of benzene rings is 8. The molecular weight excluding hydrogens is 681 g/mol. The van der Waals surface area contributed by atoms with Crippen molar-refractivity contribution in [3.8, 4) is 56.7 Å². The van der Waals surface area contributed by atoms with E-state index in [1.807, 2.05) is 60.7 Å². The average molecular weight is 709 g/mol. The topological polar surface area (TPSA) is 64.7 Å². The summed E-state index contributed by atoms with van der Waals surface area (Å²) < 4.78 is 8.60. The summed E-state index contributed by atoms with van der Waals surface area (Å²) >= 11 is 1.75. The molecule has 0 N–H and O–H groups in total. The van der Waals surface area contributed by atoms with E-state index in [0.29, 0.717) is 23.4 Å². The van der Waals surface area contributed by atoms with Crippen molar-refractivity contribution in [3.05, 3.63) is 170 Å². The van der Waals surface area contributed by atoms with Crippen molar-refractivity contribution >= 4 is 64.2 Å². The Labute approximate surface area is 313 Å². The Morgan fingerprint density at radius 2 is 0.944 bits per heavy atom. The van der Waals surface area contributed by atoms with E-state index < -0.39 is 0 Å². The molecule has 0 aliphatic heterocycles. The third-order valence-electron chi connectivity index (χ3n) is 10.1. The predicted octanol–water partition coefficient (Wildman–Crippen LogP) is 13.0. The lowest BCUT2D eigenvalue weighted by Crippen LogP contribution is -2.00. The van der Waals surface area contributed by atoms with Gasteiger partial charge < -0.3 is 4.42 Å². The molecule has 0 aliphatic rings. The molecular formula is C48H28N4OS. The smallest absolute Gasteiger partial charge is 0.227 e. The Bertz CT molecular complexity index is 3210. The summed E-state index contributed by atoms with van der Waals surface area (Å²) in [5.41, 5.74) is 7.70. The molecule has 0 radical (unpaired) electrons. The maximum atomic E-state index is 6.26. The fraction of sp³-hybridized carbons (Fsp3) is 0. The summed E-state index contributed by atoms with van der Waals surface area (Å²) in [6.45, 7) is 0. The lowest BCUT2D eigenvalue weighted by molar-refractivity contribution is 0.620. The van der Waals surface area contributed by atoms with Crippen LogP contribution in [0.4, 0.5) is 0 Å². The Morgan fingerprint density at radius 3 is 1.70 bits per heavy atom. The van der Waals surface area contributed by atoms with Gasteiger partial charge in [-0.25, -0.2) is 19.9 Å². The van der Waals surface area contributed by atoms with Crippen LogP contribution in [0.1, 0.15) is 0 Å². The summed E-state index contributed by atoms with van der Waals surface area (Å²) in [5.74, 6) is 2.50. The minimum Gasteiger partial charge on any atom is -0.436 e. The molecule has 6 heteroatoms. The van der Waals surface area contributed by atoms with Gasteiger partial charge in [0, 0.05) is 42.4 Å². The largest absolute Gasteiger partial charge is 0.436 e. The first-order valence-corrected chi connectivity index (χ1v) is 18.7. The van der Waals surface area contributed by atoms with E-state index in [9.17, 15) is 0 Å². The van der Waals surface area contributed by atoms with Crippen molar-refractivity contribution in [3.63, 3.8) is 0 Å². The van der Waals surface area contributed by atoms with Gasteiger partial charge in [0.2, 0.25) is 5.89 Å². The fourth-order valence-electron chi connectivity index (χ4n) is 7.48. The quantitative estimate of drug-likeness (QED) is 0.167. The summed E-state index contributed by atoms with van der Waals surface area (Å²) in [5, 5.41) is 7.22. The van der Waals surface area contributed by atoms with Crippen LogP contribution in [0.3, 0.4) is 0 Å². The first-order valence-electron chi connectivity index (χ1n) is 17.9. The van der Waals surface area contributed by atoms with E-state index in [1.54, 1.807) is 11.3 Å². The molecule has 5 nitrogen and oxygen atoms in total. The highest BCUT2D eigenvalue weighted by molar-refractivity contribution is 7.25. The summed E-state index contributed by atoms with van der Waals surface area (Å²) in [7, 11) is 0. The van der Waals surface area contributed by atoms with Crippen molar-refractivity contribution in [2.45, 2.75) is 0 Å². The number of oxazole rings is 1. The molecule has 54 heavy (non-hydrogen) atoms. The Balaban J connectivity index is 1.02. The SMILES string of the molecule is c1ccc(-c2nc(-c3ccc(-c4cc5ccccc5c5ccccc45)cc3)nc(-c3ccc4sc5cc6nc(-c7ccccc7)oc6cc5c4c3)n2)cc1. The molecule has 8 aromatic carbocycles. The van der Waals surface area contributed by atoms with E-state index in [1.165, 1.54) is 31.8 Å². The highest BCUT2D eigenvalue weighted by atomic mass is 32.1. The first-order chi connectivity index (χ1) is 26.7. The van der Waals surface area contributed by atoms with Gasteiger partial charge in [0.1, 0.15) is 5.52 Å². The monoisotopic (exact) mass is 708 g/mol. The van der Waals surface area contributed by atoms with Gasteiger partial charge in [-0.15, -0.1) is 11.3 Å². The second kappa shape index (κ2) is 12.3. The van der Waals surface area contributed by atoms with Crippen LogP contribution >= 0.6 is 11.3 Å². The Morgan fingerprint density at radius 1 is 0.370 bits per heavy atom.